The van der Waals surface area contributed by atoms with Gasteiger partial charge in [0.1, 0.15) is 14.4 Å². The summed E-state index contributed by atoms with van der Waals surface area (Å²) >= 11 is 0. The second kappa shape index (κ2) is 11.1. The van der Waals surface area contributed by atoms with Gasteiger partial charge in [0.15, 0.2) is 0 Å². The molecule has 0 amide bonds. The first-order chi connectivity index (χ1) is 9.74. The molecule has 0 saturated carbocycles. The SMILES string of the molecule is CCCCCCCCCCc1ccccc1OP([O-])O. The fraction of sp³-hybridized carbons (Fsp3) is 0.625. The van der Waals surface area contributed by atoms with Crippen LogP contribution in [0.15, 0.2) is 24.3 Å². The van der Waals surface area contributed by atoms with E-state index in [1.165, 1.54) is 44.9 Å². The van der Waals surface area contributed by atoms with E-state index in [0.29, 0.717) is 5.75 Å². The number of rotatable bonds is 11. The zero-order chi connectivity index (χ0) is 14.6. The Bertz CT molecular complexity index is 355. The fourth-order valence-electron chi connectivity index (χ4n) is 2.33. The molecule has 1 unspecified atom stereocenters. The summed E-state index contributed by atoms with van der Waals surface area (Å²) in [5.41, 5.74) is 1.02. The Balaban J connectivity index is 2.18. The summed E-state index contributed by atoms with van der Waals surface area (Å²) < 4.78 is 4.93. The number of unbranched alkanes of at least 4 members (excludes halogenated alkanes) is 7. The van der Waals surface area contributed by atoms with Crippen LogP contribution in [0.3, 0.4) is 0 Å². The average molecular weight is 297 g/mol. The Morgan fingerprint density at radius 2 is 1.60 bits per heavy atom. The molecule has 0 bridgehead atoms. The van der Waals surface area contributed by atoms with Crippen molar-refractivity contribution in [3.8, 4) is 5.75 Å². The number of aryl methyl sites for hydroxylation is 1. The van der Waals surface area contributed by atoms with Gasteiger partial charge < -0.3 is 14.3 Å². The second-order valence-electron chi connectivity index (χ2n) is 5.16. The average Bonchev–Trinajstić information content (AvgIpc) is 2.43. The lowest BCUT2D eigenvalue weighted by Crippen LogP contribution is -2.01. The minimum Gasteiger partial charge on any atom is -0.776 e. The summed E-state index contributed by atoms with van der Waals surface area (Å²) in [6, 6.07) is 7.49. The topological polar surface area (TPSA) is 52.5 Å². The summed E-state index contributed by atoms with van der Waals surface area (Å²) in [6.07, 6.45) is 11.2. The molecule has 1 rings (SSSR count). The summed E-state index contributed by atoms with van der Waals surface area (Å²) in [5.74, 6) is 0.541. The van der Waals surface area contributed by atoms with E-state index >= 15 is 0 Å². The quantitative estimate of drug-likeness (QED) is 0.488. The van der Waals surface area contributed by atoms with E-state index in [0.717, 1.165) is 18.4 Å². The first-order valence-corrected chi connectivity index (χ1v) is 8.79. The van der Waals surface area contributed by atoms with Crippen LogP contribution in [-0.4, -0.2) is 4.89 Å². The maximum Gasteiger partial charge on any atom is 0.144 e. The highest BCUT2D eigenvalue weighted by atomic mass is 31.2. The molecule has 114 valence electrons. The summed E-state index contributed by atoms with van der Waals surface area (Å²) in [4.78, 5) is 19.6. The van der Waals surface area contributed by atoms with Crippen molar-refractivity contribution in [1.82, 2.24) is 0 Å². The van der Waals surface area contributed by atoms with Crippen LogP contribution in [0.25, 0.3) is 0 Å². The lowest BCUT2D eigenvalue weighted by molar-refractivity contribution is -0.191. The molecule has 0 fully saturated rings. The van der Waals surface area contributed by atoms with Gasteiger partial charge in [-0.05, 0) is 24.5 Å². The van der Waals surface area contributed by atoms with Crippen LogP contribution in [0, 0.1) is 0 Å². The number of para-hydroxylation sites is 1. The molecule has 0 aliphatic carbocycles. The Kier molecular flexibility index (Phi) is 9.65. The number of hydrogen-bond acceptors (Lipinski definition) is 3. The van der Waals surface area contributed by atoms with E-state index in [-0.39, 0.29) is 0 Å². The number of hydrogen-bond donors (Lipinski definition) is 1. The Morgan fingerprint density at radius 3 is 2.25 bits per heavy atom. The molecule has 4 heteroatoms. The minimum absolute atomic E-state index is 0.541. The van der Waals surface area contributed by atoms with Crippen LogP contribution in [0.2, 0.25) is 0 Å². The monoisotopic (exact) mass is 297 g/mol. The highest BCUT2D eigenvalue weighted by Gasteiger charge is 2.03. The molecule has 1 aromatic carbocycles. The van der Waals surface area contributed by atoms with Gasteiger partial charge in [0.25, 0.3) is 0 Å². The van der Waals surface area contributed by atoms with Crippen molar-refractivity contribution in [3.05, 3.63) is 29.8 Å². The molecule has 0 heterocycles. The van der Waals surface area contributed by atoms with Gasteiger partial charge in [0.2, 0.25) is 0 Å². The van der Waals surface area contributed by atoms with Crippen LogP contribution in [-0.2, 0) is 6.42 Å². The molecule has 0 radical (unpaired) electrons. The third-order valence-electron chi connectivity index (χ3n) is 3.45. The Morgan fingerprint density at radius 1 is 1.00 bits per heavy atom. The van der Waals surface area contributed by atoms with E-state index in [9.17, 15) is 4.89 Å². The van der Waals surface area contributed by atoms with Crippen molar-refractivity contribution >= 4 is 8.60 Å². The van der Waals surface area contributed by atoms with Gasteiger partial charge in [-0.1, -0.05) is 70.1 Å². The normalized spacial score (nSPS) is 12.3. The van der Waals surface area contributed by atoms with Gasteiger partial charge in [0.05, 0.1) is 0 Å². The Hall–Kier alpha value is -0.630. The van der Waals surface area contributed by atoms with Crippen LogP contribution in [0.4, 0.5) is 0 Å². The van der Waals surface area contributed by atoms with Crippen LogP contribution in [0.1, 0.15) is 63.9 Å². The van der Waals surface area contributed by atoms with E-state index in [2.05, 4.69) is 6.92 Å². The smallest absolute Gasteiger partial charge is 0.144 e. The van der Waals surface area contributed by atoms with Gasteiger partial charge >= 0.3 is 0 Å². The van der Waals surface area contributed by atoms with Crippen molar-refractivity contribution in [2.75, 3.05) is 0 Å². The molecule has 0 aliphatic heterocycles. The van der Waals surface area contributed by atoms with Gasteiger partial charge in [0, 0.05) is 0 Å². The standard InChI is InChI=1S/C16H26O3P/c1-2-3-4-5-6-7-8-9-12-15-13-10-11-14-16(15)19-20(17)18/h10-11,13-14,17H,2-9,12H2,1H3/q-1. The van der Waals surface area contributed by atoms with Crippen molar-refractivity contribution < 1.29 is 14.3 Å². The molecular weight excluding hydrogens is 271 g/mol. The molecule has 0 aliphatic rings. The van der Waals surface area contributed by atoms with Crippen LogP contribution >= 0.6 is 8.60 Å². The highest BCUT2D eigenvalue weighted by molar-refractivity contribution is 7.38. The van der Waals surface area contributed by atoms with Crippen molar-refractivity contribution in [2.24, 2.45) is 0 Å². The minimum atomic E-state index is -2.57. The molecule has 0 saturated heterocycles. The molecule has 0 aromatic heterocycles. The van der Waals surface area contributed by atoms with Crippen LogP contribution < -0.4 is 9.42 Å². The van der Waals surface area contributed by atoms with E-state index in [4.69, 9.17) is 9.42 Å². The summed E-state index contributed by atoms with van der Waals surface area (Å²) in [7, 11) is -2.57. The predicted molar refractivity (Wildman–Crippen MR) is 82.5 cm³/mol. The zero-order valence-corrected chi connectivity index (χ0v) is 13.3. The first kappa shape index (κ1) is 17.4. The summed E-state index contributed by atoms with van der Waals surface area (Å²) in [5, 5.41) is 0. The van der Waals surface area contributed by atoms with Gasteiger partial charge in [-0.2, -0.15) is 0 Å². The van der Waals surface area contributed by atoms with Crippen LogP contribution in [0.5, 0.6) is 5.75 Å². The second-order valence-corrected chi connectivity index (χ2v) is 5.82. The van der Waals surface area contributed by atoms with Gasteiger partial charge in [-0.3, -0.25) is 0 Å². The van der Waals surface area contributed by atoms with Crippen molar-refractivity contribution in [2.45, 2.75) is 64.7 Å². The van der Waals surface area contributed by atoms with Gasteiger partial charge in [-0.15, -0.1) is 0 Å². The maximum absolute atomic E-state index is 10.7. The third kappa shape index (κ3) is 7.84. The zero-order valence-electron chi connectivity index (χ0n) is 12.4. The highest BCUT2D eigenvalue weighted by Crippen LogP contribution is 2.29. The lowest BCUT2D eigenvalue weighted by Gasteiger charge is -2.18. The molecule has 1 atom stereocenters. The molecule has 3 nitrogen and oxygen atoms in total. The molecule has 20 heavy (non-hydrogen) atoms. The van der Waals surface area contributed by atoms with Crippen molar-refractivity contribution in [1.29, 1.82) is 0 Å². The first-order valence-electron chi connectivity index (χ1n) is 7.66. The maximum atomic E-state index is 10.7. The molecule has 1 aromatic rings. The largest absolute Gasteiger partial charge is 0.776 e. The van der Waals surface area contributed by atoms with Crippen molar-refractivity contribution in [3.63, 3.8) is 0 Å². The van der Waals surface area contributed by atoms with E-state index < -0.39 is 8.60 Å². The fourth-order valence-corrected chi connectivity index (χ4v) is 2.68. The third-order valence-corrected chi connectivity index (χ3v) is 3.80. The van der Waals surface area contributed by atoms with E-state index in [1.807, 2.05) is 18.2 Å². The predicted octanol–water partition coefficient (Wildman–Crippen LogP) is 4.33. The molecule has 0 spiro atoms. The van der Waals surface area contributed by atoms with Gasteiger partial charge in [-0.25, -0.2) is 0 Å². The molecular formula is C16H26O3P-. The molecule has 1 N–H and O–H groups in total. The lowest BCUT2D eigenvalue weighted by atomic mass is 10.0. The Labute approximate surface area is 124 Å². The number of benzene rings is 1. The van der Waals surface area contributed by atoms with E-state index in [1.54, 1.807) is 6.07 Å². The summed E-state index contributed by atoms with van der Waals surface area (Å²) in [6.45, 7) is 2.24.